The Kier molecular flexibility index (Phi) is 6.12. The van der Waals surface area contributed by atoms with Gasteiger partial charge in [-0.1, -0.05) is 52.3 Å². The number of fused-ring (bicyclic) bond motifs is 2. The molecular formula is C29H28BrNO5. The van der Waals surface area contributed by atoms with Crippen LogP contribution in [0, 0.1) is 5.92 Å². The lowest BCUT2D eigenvalue weighted by Crippen LogP contribution is -2.42. The van der Waals surface area contributed by atoms with Crippen molar-refractivity contribution in [1.29, 1.82) is 0 Å². The summed E-state index contributed by atoms with van der Waals surface area (Å²) in [5.41, 5.74) is 3.99. The van der Waals surface area contributed by atoms with Crippen LogP contribution in [0.5, 0.6) is 11.5 Å². The van der Waals surface area contributed by atoms with Gasteiger partial charge in [-0.25, -0.2) is 4.79 Å². The minimum atomic E-state index is -0.517. The van der Waals surface area contributed by atoms with E-state index in [0.717, 1.165) is 52.7 Å². The van der Waals surface area contributed by atoms with E-state index in [-0.39, 0.29) is 30.6 Å². The molecule has 7 heteroatoms. The minimum absolute atomic E-state index is 0.0157. The van der Waals surface area contributed by atoms with Gasteiger partial charge in [0.15, 0.2) is 11.5 Å². The third-order valence-electron chi connectivity index (χ3n) is 7.71. The molecule has 186 valence electrons. The van der Waals surface area contributed by atoms with Gasteiger partial charge in [-0.05, 0) is 55.9 Å². The standard InChI is InChI=1S/C29H28BrNO5/c1-16-26(29(33)36-19-9-5-6-10-19)27(20-13-24-25(14-21(20)30)35-15-34-24)28-22(31-16)11-18(12-23(28)32)17-7-3-2-4-8-17/h2-4,7-8,11,13-14,18-19,27-28,31H,5-6,9-10,12,15H2,1H3. The molecule has 3 unspecified atom stereocenters. The maximum Gasteiger partial charge on any atom is 0.336 e. The van der Waals surface area contributed by atoms with E-state index in [1.807, 2.05) is 37.3 Å². The number of halogens is 1. The molecule has 6 nitrogen and oxygen atoms in total. The Morgan fingerprint density at radius 2 is 1.78 bits per heavy atom. The largest absolute Gasteiger partial charge is 0.459 e. The molecule has 0 saturated heterocycles. The molecule has 0 spiro atoms. The summed E-state index contributed by atoms with van der Waals surface area (Å²) in [6.45, 7) is 2.04. The molecule has 2 aliphatic heterocycles. The molecule has 36 heavy (non-hydrogen) atoms. The zero-order valence-electron chi connectivity index (χ0n) is 20.1. The summed E-state index contributed by atoms with van der Waals surface area (Å²) in [7, 11) is 0. The van der Waals surface area contributed by atoms with Crippen molar-refractivity contribution in [3.8, 4) is 11.5 Å². The number of nitrogens with one attached hydrogen (secondary N) is 1. The first-order chi connectivity index (χ1) is 17.5. The summed E-state index contributed by atoms with van der Waals surface area (Å²) in [5, 5.41) is 3.42. The highest BCUT2D eigenvalue weighted by Crippen LogP contribution is 2.50. The molecule has 2 aromatic rings. The van der Waals surface area contributed by atoms with E-state index in [1.54, 1.807) is 0 Å². The van der Waals surface area contributed by atoms with Crippen LogP contribution in [0.15, 0.2) is 70.0 Å². The Labute approximate surface area is 218 Å². The van der Waals surface area contributed by atoms with E-state index in [2.05, 4.69) is 39.5 Å². The summed E-state index contributed by atoms with van der Waals surface area (Å²) in [4.78, 5) is 27.5. The number of carbonyl (C=O) groups excluding carboxylic acids is 2. The lowest BCUT2D eigenvalue weighted by molar-refractivity contribution is -0.144. The molecule has 4 aliphatic rings. The van der Waals surface area contributed by atoms with Crippen molar-refractivity contribution in [3.05, 3.63) is 81.1 Å². The van der Waals surface area contributed by atoms with Gasteiger partial charge < -0.3 is 19.5 Å². The molecule has 2 aliphatic carbocycles. The Morgan fingerprint density at radius 1 is 1.06 bits per heavy atom. The second kappa shape index (κ2) is 9.43. The van der Waals surface area contributed by atoms with Crippen molar-refractivity contribution in [1.82, 2.24) is 5.32 Å². The Balaban J connectivity index is 1.46. The van der Waals surface area contributed by atoms with Crippen LogP contribution < -0.4 is 14.8 Å². The van der Waals surface area contributed by atoms with Crippen molar-refractivity contribution in [2.45, 2.75) is 57.0 Å². The highest BCUT2D eigenvalue weighted by Gasteiger charge is 2.46. The van der Waals surface area contributed by atoms with Gasteiger partial charge in [-0.15, -0.1) is 0 Å². The minimum Gasteiger partial charge on any atom is -0.459 e. The van der Waals surface area contributed by atoms with Crippen LogP contribution in [0.2, 0.25) is 0 Å². The second-order valence-corrected chi connectivity index (χ2v) is 10.8. The van der Waals surface area contributed by atoms with Crippen LogP contribution in [0.4, 0.5) is 0 Å². The first-order valence-electron chi connectivity index (χ1n) is 12.6. The van der Waals surface area contributed by atoms with Gasteiger partial charge in [0.25, 0.3) is 0 Å². The van der Waals surface area contributed by atoms with Gasteiger partial charge in [-0.3, -0.25) is 4.79 Å². The molecule has 0 amide bonds. The summed E-state index contributed by atoms with van der Waals surface area (Å²) in [5.74, 6) is -0.0244. The number of ether oxygens (including phenoxy) is 3. The van der Waals surface area contributed by atoms with Gasteiger partial charge in [0, 0.05) is 34.1 Å². The summed E-state index contributed by atoms with van der Waals surface area (Å²) in [6, 6.07) is 13.8. The monoisotopic (exact) mass is 549 g/mol. The van der Waals surface area contributed by atoms with E-state index >= 15 is 0 Å². The fraction of sp³-hybridized carbons (Fsp3) is 0.379. The van der Waals surface area contributed by atoms with E-state index in [0.29, 0.717) is 23.5 Å². The first kappa shape index (κ1) is 23.3. The van der Waals surface area contributed by atoms with Gasteiger partial charge >= 0.3 is 5.97 Å². The molecule has 0 aromatic heterocycles. The molecule has 2 heterocycles. The average Bonchev–Trinajstić information content (AvgIpc) is 3.54. The van der Waals surface area contributed by atoms with E-state index < -0.39 is 11.8 Å². The number of hydrogen-bond donors (Lipinski definition) is 1. The summed E-state index contributed by atoms with van der Waals surface area (Å²) >= 11 is 3.69. The van der Waals surface area contributed by atoms with Gasteiger partial charge in [0.2, 0.25) is 6.79 Å². The summed E-state index contributed by atoms with van der Waals surface area (Å²) < 4.78 is 18.0. The van der Waals surface area contributed by atoms with Crippen LogP contribution in [-0.4, -0.2) is 24.6 Å². The van der Waals surface area contributed by atoms with Crippen LogP contribution in [0.1, 0.15) is 62.0 Å². The topological polar surface area (TPSA) is 73.9 Å². The van der Waals surface area contributed by atoms with Crippen LogP contribution in [0.25, 0.3) is 0 Å². The van der Waals surface area contributed by atoms with Gasteiger partial charge in [0.05, 0.1) is 11.5 Å². The fourth-order valence-electron chi connectivity index (χ4n) is 5.99. The van der Waals surface area contributed by atoms with Crippen LogP contribution in [-0.2, 0) is 14.3 Å². The van der Waals surface area contributed by atoms with Gasteiger partial charge in [0.1, 0.15) is 11.9 Å². The molecule has 0 radical (unpaired) electrons. The third kappa shape index (κ3) is 4.13. The lowest BCUT2D eigenvalue weighted by Gasteiger charge is -2.40. The van der Waals surface area contributed by atoms with Gasteiger partial charge in [-0.2, -0.15) is 0 Å². The number of hydrogen-bond acceptors (Lipinski definition) is 6. The number of ketones is 1. The quantitative estimate of drug-likeness (QED) is 0.480. The van der Waals surface area contributed by atoms with E-state index in [1.165, 1.54) is 0 Å². The predicted molar refractivity (Wildman–Crippen MR) is 138 cm³/mol. The molecule has 3 atom stereocenters. The Hall–Kier alpha value is -3.06. The van der Waals surface area contributed by atoms with E-state index in [4.69, 9.17) is 14.2 Å². The highest BCUT2D eigenvalue weighted by atomic mass is 79.9. The first-order valence-corrected chi connectivity index (χ1v) is 13.4. The molecular weight excluding hydrogens is 522 g/mol. The molecule has 1 saturated carbocycles. The maximum atomic E-state index is 13.8. The highest BCUT2D eigenvalue weighted by molar-refractivity contribution is 9.10. The molecule has 1 N–H and O–H groups in total. The Morgan fingerprint density at radius 3 is 2.53 bits per heavy atom. The van der Waals surface area contributed by atoms with Crippen molar-refractivity contribution >= 4 is 27.7 Å². The molecule has 6 rings (SSSR count). The predicted octanol–water partition coefficient (Wildman–Crippen LogP) is 5.88. The smallest absolute Gasteiger partial charge is 0.336 e. The maximum absolute atomic E-state index is 13.8. The molecule has 2 aromatic carbocycles. The number of carbonyl (C=O) groups is 2. The van der Waals surface area contributed by atoms with Crippen molar-refractivity contribution < 1.29 is 23.8 Å². The fourth-order valence-corrected chi connectivity index (χ4v) is 6.56. The lowest BCUT2D eigenvalue weighted by atomic mass is 9.68. The van der Waals surface area contributed by atoms with Crippen molar-refractivity contribution in [3.63, 3.8) is 0 Å². The normalized spacial score (nSPS) is 25.3. The van der Waals surface area contributed by atoms with Crippen LogP contribution in [0.3, 0.4) is 0 Å². The molecule has 0 bridgehead atoms. The SMILES string of the molecule is CC1=C(C(=O)OC2CCCC2)C(c2cc3c(cc2Br)OCO3)C2C(=O)CC(c3ccccc3)C=C2N1. The van der Waals surface area contributed by atoms with Crippen molar-refractivity contribution in [2.75, 3.05) is 6.79 Å². The second-order valence-electron chi connectivity index (χ2n) is 9.97. The number of esters is 1. The van der Waals surface area contributed by atoms with Crippen molar-refractivity contribution in [2.24, 2.45) is 5.92 Å². The van der Waals surface area contributed by atoms with E-state index in [9.17, 15) is 9.59 Å². The number of Topliss-reactive ketones (excluding diaryl/α,β-unsaturated/α-hetero) is 1. The number of benzene rings is 2. The summed E-state index contributed by atoms with van der Waals surface area (Å²) in [6.07, 6.45) is 6.37. The Bertz CT molecular complexity index is 1280. The average molecular weight is 550 g/mol. The number of rotatable bonds is 4. The third-order valence-corrected chi connectivity index (χ3v) is 8.40. The zero-order chi connectivity index (χ0) is 24.8. The molecule has 1 fully saturated rings. The van der Waals surface area contributed by atoms with Crippen LogP contribution >= 0.6 is 15.9 Å². The zero-order valence-corrected chi connectivity index (χ0v) is 21.7. The number of allylic oxidation sites excluding steroid dienone is 3.